The summed E-state index contributed by atoms with van der Waals surface area (Å²) in [5.74, 6) is 1.76. The number of benzene rings is 6. The van der Waals surface area contributed by atoms with E-state index in [1.165, 1.54) is 190 Å². The minimum absolute atomic E-state index is 0.0896. The molecular formula is C93H108I2N14O3S6. The number of Topliss-reactive ketones (excluding diaryl/α,β-unsaturated/α-hetero) is 3. The van der Waals surface area contributed by atoms with E-state index < -0.39 is 12.6 Å². The monoisotopic (exact) mass is 1910 g/mol. The van der Waals surface area contributed by atoms with E-state index in [1.54, 1.807) is 43.4 Å². The average Bonchev–Trinajstić information content (AvgIpc) is 1.73. The van der Waals surface area contributed by atoms with Crippen molar-refractivity contribution in [2.45, 2.75) is 209 Å². The highest BCUT2D eigenvalue weighted by molar-refractivity contribution is 14.1. The number of thiazole rings is 5. The number of aromatic nitrogens is 5. The SMILES string of the molecule is C/C(=N\NC(N)N)c1sc(-c2ccc(C3=CCCCC3)cc2)nc1C.C/C(=N\NC(N)N)c1sc(-c2ccc(C3CCCCC3)cc2)nc1C.CC(=O)c1sc(-c2ccc(C3=CCCCC3)cc2)nc1C.CC(=O)c1sc(-c2ccc(C3CCCCC3)cc2)nc1C.CC(=O)c1sc(-c2ccc(I)cc2)nc1C.NC(=S)c1ccc(I)cc1. The summed E-state index contributed by atoms with van der Waals surface area (Å²) in [5, 5.41) is 13.3. The minimum atomic E-state index is -0.663. The molecule has 0 amide bonds. The molecule has 0 bridgehead atoms. The molecule has 0 unspecified atom stereocenters. The van der Waals surface area contributed by atoms with Gasteiger partial charge in [-0.05, 0) is 240 Å². The zero-order valence-electron chi connectivity index (χ0n) is 69.0. The predicted octanol–water partition coefficient (Wildman–Crippen LogP) is 23.8. The smallest absolute Gasteiger partial charge is 0.171 e. The Hall–Kier alpha value is -7.91. The van der Waals surface area contributed by atoms with Crippen LogP contribution in [0.3, 0.4) is 0 Å². The number of carbonyl (C=O) groups is 3. The van der Waals surface area contributed by atoms with Gasteiger partial charge in [0, 0.05) is 61.3 Å². The van der Waals surface area contributed by atoms with E-state index in [9.17, 15) is 14.4 Å². The molecule has 11 aromatic rings. The third-order valence-electron chi connectivity index (χ3n) is 20.6. The number of hydrazone groups is 2. The first-order chi connectivity index (χ1) is 56.7. The third kappa shape index (κ3) is 27.0. The molecule has 5 aromatic heterocycles. The molecule has 2 saturated carbocycles. The van der Waals surface area contributed by atoms with Crippen LogP contribution in [0.15, 0.2) is 168 Å². The number of hydrogen-bond acceptors (Lipinski definition) is 22. The zero-order valence-corrected chi connectivity index (χ0v) is 78.2. The van der Waals surface area contributed by atoms with E-state index in [-0.39, 0.29) is 17.3 Å². The lowest BCUT2D eigenvalue weighted by molar-refractivity contribution is 0.101. The fraction of sp³-hybridized carbons (Fsp3) is 0.344. The Morgan fingerprint density at radius 3 is 0.907 bits per heavy atom. The van der Waals surface area contributed by atoms with Gasteiger partial charge in [-0.15, -0.1) is 56.7 Å². The maximum Gasteiger partial charge on any atom is 0.171 e. The second-order valence-electron chi connectivity index (χ2n) is 29.9. The minimum Gasteiger partial charge on any atom is -0.389 e. The van der Waals surface area contributed by atoms with Crippen LogP contribution >= 0.6 is 114 Å². The second kappa shape index (κ2) is 45.7. The first kappa shape index (κ1) is 92.4. The number of nitrogens with zero attached hydrogens (tertiary/aromatic N) is 7. The van der Waals surface area contributed by atoms with Crippen molar-refractivity contribution >= 4 is 159 Å². The molecule has 2 fully saturated rings. The number of carbonyl (C=O) groups excluding carboxylic acids is 3. The standard InChI is InChI=1S/C19H27N5S.C19H25N5S.C18H21NOS.C18H19NOS.C12H10INOS.C7H6INS/c2*1-12-17(13(2)23-24-19(20)21)25-18(22-12)16-10-8-15(9-11-16)14-6-4-3-5-7-14;2*1-12-17(13(2)20)21-18(19-12)16-10-8-15(9-11-16)14-6-4-3-5-7-14;1-7-11(8(2)15)16-12(14-7)9-3-5-10(13)6-4-9;8-6-3-1-5(2-4-6)7(9)10/h8-11,14,19,24H,3-7,20-21H2,1-2H3;6,8-11,19,24H,3-5,7,20-21H2,1-2H3;8-11,14H,3-7H2,1-2H3;6,8-11H,3-5,7H2,1-2H3;3-6H,1-2H3;1-4H,(H2,9,10)/b2*23-13+;;;;. The number of rotatable bonds is 19. The van der Waals surface area contributed by atoms with Crippen LogP contribution in [0.4, 0.5) is 0 Å². The summed E-state index contributed by atoms with van der Waals surface area (Å²) in [6.07, 6.45) is 26.9. The summed E-state index contributed by atoms with van der Waals surface area (Å²) in [4.78, 5) is 62.2. The summed E-state index contributed by atoms with van der Waals surface area (Å²) in [6.45, 7) is 18.3. The van der Waals surface area contributed by atoms with Gasteiger partial charge in [-0.25, -0.2) is 24.9 Å². The number of hydrogen-bond donors (Lipinski definition) is 7. The Bertz CT molecular complexity index is 5300. The molecule has 118 heavy (non-hydrogen) atoms. The number of halogens is 2. The number of nitrogens with one attached hydrogen (secondary N) is 2. The quantitative estimate of drug-likeness (QED) is 0.00988. The topological polar surface area (TPSA) is 295 Å². The van der Waals surface area contributed by atoms with Crippen LogP contribution < -0.4 is 39.5 Å². The molecule has 4 aliphatic carbocycles. The highest BCUT2D eigenvalue weighted by atomic mass is 127. The Kier molecular flexibility index (Phi) is 35.7. The molecule has 25 heteroatoms. The van der Waals surface area contributed by atoms with E-state index in [2.05, 4.69) is 190 Å². The number of aryl methyl sites for hydroxylation is 5. The maximum atomic E-state index is 11.5. The first-order valence-corrected chi connectivity index (χ1v) is 47.0. The van der Waals surface area contributed by atoms with Crippen molar-refractivity contribution in [1.29, 1.82) is 0 Å². The lowest BCUT2D eigenvalue weighted by Gasteiger charge is -2.21. The molecule has 12 N–H and O–H groups in total. The van der Waals surface area contributed by atoms with Crippen LogP contribution in [0.1, 0.15) is 257 Å². The molecular weight excluding hydrogens is 1810 g/mol. The Morgan fingerprint density at radius 2 is 0.644 bits per heavy atom. The van der Waals surface area contributed by atoms with Crippen LogP contribution in [-0.2, 0) is 0 Å². The van der Waals surface area contributed by atoms with Gasteiger partial charge in [-0.3, -0.25) is 48.2 Å². The van der Waals surface area contributed by atoms with Gasteiger partial charge in [0.1, 0.15) is 42.6 Å². The van der Waals surface area contributed by atoms with E-state index >= 15 is 0 Å². The number of nitrogens with two attached hydrogens (primary N) is 5. The van der Waals surface area contributed by atoms with Crippen LogP contribution in [0, 0.1) is 41.8 Å². The van der Waals surface area contributed by atoms with Crippen LogP contribution in [0.2, 0.25) is 0 Å². The Labute approximate surface area is 748 Å². The van der Waals surface area contributed by atoms with Crippen molar-refractivity contribution < 1.29 is 14.4 Å². The zero-order chi connectivity index (χ0) is 84.5. The van der Waals surface area contributed by atoms with Gasteiger partial charge in [-0.1, -0.05) is 184 Å². The van der Waals surface area contributed by atoms with Gasteiger partial charge >= 0.3 is 0 Å². The molecule has 0 radical (unpaired) electrons. The lowest BCUT2D eigenvalue weighted by Crippen LogP contribution is -2.42. The lowest BCUT2D eigenvalue weighted by atomic mass is 9.84. The van der Waals surface area contributed by atoms with E-state index in [0.717, 1.165) is 135 Å². The first-order valence-electron chi connectivity index (χ1n) is 40.3. The largest absolute Gasteiger partial charge is 0.389 e. The molecule has 6 aromatic carbocycles. The highest BCUT2D eigenvalue weighted by Crippen LogP contribution is 2.39. The molecule has 5 heterocycles. The fourth-order valence-electron chi connectivity index (χ4n) is 14.4. The highest BCUT2D eigenvalue weighted by Gasteiger charge is 2.22. The predicted molar refractivity (Wildman–Crippen MR) is 519 cm³/mol. The van der Waals surface area contributed by atoms with Gasteiger partial charge < -0.3 is 5.73 Å². The summed E-state index contributed by atoms with van der Waals surface area (Å²) >= 11 is 17.0. The molecule has 618 valence electrons. The van der Waals surface area contributed by atoms with Gasteiger partial charge in [0.05, 0.1) is 64.3 Å². The van der Waals surface area contributed by atoms with Crippen molar-refractivity contribution in [3.63, 3.8) is 0 Å². The van der Waals surface area contributed by atoms with Gasteiger partial charge in [0.15, 0.2) is 17.3 Å². The van der Waals surface area contributed by atoms with Crippen molar-refractivity contribution in [2.24, 2.45) is 38.9 Å². The van der Waals surface area contributed by atoms with Crippen molar-refractivity contribution in [3.05, 3.63) is 246 Å². The van der Waals surface area contributed by atoms with Crippen LogP contribution in [-0.4, -0.2) is 71.3 Å². The van der Waals surface area contributed by atoms with Gasteiger partial charge in [-0.2, -0.15) is 10.2 Å². The average molecular weight is 1920 g/mol. The maximum absolute atomic E-state index is 11.5. The Balaban J connectivity index is 0.000000152. The van der Waals surface area contributed by atoms with Crippen molar-refractivity contribution in [3.8, 4) is 52.9 Å². The van der Waals surface area contributed by atoms with E-state index in [4.69, 9.17) is 50.9 Å². The third-order valence-corrected chi connectivity index (χ3v) is 28.9. The van der Waals surface area contributed by atoms with Gasteiger partial charge in [0.2, 0.25) is 0 Å². The van der Waals surface area contributed by atoms with Crippen LogP contribution in [0.25, 0.3) is 64.0 Å². The van der Waals surface area contributed by atoms with Crippen LogP contribution in [0.5, 0.6) is 0 Å². The Morgan fingerprint density at radius 1 is 0.381 bits per heavy atom. The van der Waals surface area contributed by atoms with E-state index in [0.29, 0.717) is 4.99 Å². The summed E-state index contributed by atoms with van der Waals surface area (Å²) in [5.41, 5.74) is 53.8. The summed E-state index contributed by atoms with van der Waals surface area (Å²) in [7, 11) is 0. The normalized spacial score (nSPS) is 14.5. The summed E-state index contributed by atoms with van der Waals surface area (Å²) in [6, 6.07) is 51.0. The number of ketones is 3. The molecule has 0 spiro atoms. The molecule has 4 aliphatic rings. The second-order valence-corrected chi connectivity index (χ2v) is 37.9. The fourth-order valence-corrected chi connectivity index (χ4v) is 20.2. The van der Waals surface area contributed by atoms with E-state index in [1.807, 2.05) is 97.0 Å². The molecule has 15 rings (SSSR count). The molecule has 0 aliphatic heterocycles. The molecule has 17 nitrogen and oxygen atoms in total. The molecule has 0 saturated heterocycles. The van der Waals surface area contributed by atoms with Crippen molar-refractivity contribution in [1.82, 2.24) is 35.8 Å². The van der Waals surface area contributed by atoms with Crippen molar-refractivity contribution in [2.75, 3.05) is 0 Å². The molecule has 0 atom stereocenters. The summed E-state index contributed by atoms with van der Waals surface area (Å²) < 4.78 is 2.39. The van der Waals surface area contributed by atoms with Gasteiger partial charge in [0.25, 0.3) is 0 Å². The number of allylic oxidation sites excluding steroid dienone is 4. The number of thiocarbonyl (C=S) groups is 1.